The van der Waals surface area contributed by atoms with E-state index < -0.39 is 41.0 Å². The molecule has 1 aromatic heterocycles. The van der Waals surface area contributed by atoms with E-state index in [0.29, 0.717) is 29.0 Å². The third-order valence-electron chi connectivity index (χ3n) is 7.56. The molecule has 0 saturated carbocycles. The van der Waals surface area contributed by atoms with E-state index in [9.17, 15) is 14.4 Å². The van der Waals surface area contributed by atoms with E-state index in [-0.39, 0.29) is 24.5 Å². The Morgan fingerprint density at radius 3 is 2.70 bits per heavy atom. The van der Waals surface area contributed by atoms with Gasteiger partial charge in [0.15, 0.2) is 17.4 Å². The molecule has 3 saturated heterocycles. The summed E-state index contributed by atoms with van der Waals surface area (Å²) in [5.41, 5.74) is -0.599. The van der Waals surface area contributed by atoms with Gasteiger partial charge in [-0.2, -0.15) is 0 Å². The van der Waals surface area contributed by atoms with Crippen LogP contribution in [0.4, 0.5) is 15.9 Å². The van der Waals surface area contributed by atoms with E-state index in [0.717, 1.165) is 25.9 Å². The van der Waals surface area contributed by atoms with Crippen molar-refractivity contribution in [2.45, 2.75) is 57.8 Å². The lowest BCUT2D eigenvalue weighted by Crippen LogP contribution is -2.72. The van der Waals surface area contributed by atoms with Crippen molar-refractivity contribution in [1.29, 1.82) is 0 Å². The van der Waals surface area contributed by atoms with E-state index in [1.807, 2.05) is 6.92 Å². The van der Waals surface area contributed by atoms with E-state index in [2.05, 4.69) is 15.4 Å². The van der Waals surface area contributed by atoms with Crippen LogP contribution in [0, 0.1) is 11.2 Å². The SMILES string of the molecule is C[C@@H]1CN2c3c(cc4c(N5CCCC5)noc4c3F)CC3(C(=O)CC(=O)NC3=O)[C@H]2[C@H](C)O1. The Kier molecular flexibility index (Phi) is 4.36. The zero-order valence-corrected chi connectivity index (χ0v) is 18.5. The summed E-state index contributed by atoms with van der Waals surface area (Å²) in [6, 6.07) is 1.06. The number of nitrogens with zero attached hydrogens (tertiary/aromatic N) is 3. The average Bonchev–Trinajstić information content (AvgIpc) is 3.41. The molecule has 1 N–H and O–H groups in total. The van der Waals surface area contributed by atoms with Gasteiger partial charge in [0.1, 0.15) is 5.41 Å². The molecule has 2 aromatic rings. The first-order chi connectivity index (χ1) is 15.8. The number of carbonyl (C=O) groups is 3. The molecule has 0 radical (unpaired) electrons. The maximum atomic E-state index is 16.0. The van der Waals surface area contributed by atoms with Crippen LogP contribution in [0.15, 0.2) is 10.6 Å². The molecule has 10 heteroatoms. The summed E-state index contributed by atoms with van der Waals surface area (Å²) in [5, 5.41) is 7.06. The zero-order valence-electron chi connectivity index (χ0n) is 18.5. The Balaban J connectivity index is 1.58. The van der Waals surface area contributed by atoms with Gasteiger partial charge in [-0.1, -0.05) is 5.16 Å². The molecular formula is C23H25FN4O5. The third-order valence-corrected chi connectivity index (χ3v) is 7.56. The van der Waals surface area contributed by atoms with E-state index in [1.54, 1.807) is 17.9 Å². The van der Waals surface area contributed by atoms with Gasteiger partial charge in [-0.25, -0.2) is 4.39 Å². The first-order valence-electron chi connectivity index (χ1n) is 11.5. The summed E-state index contributed by atoms with van der Waals surface area (Å²) >= 11 is 0. The molecule has 1 aromatic carbocycles. The number of morpholine rings is 1. The molecule has 4 atom stereocenters. The second kappa shape index (κ2) is 6.99. The predicted molar refractivity (Wildman–Crippen MR) is 115 cm³/mol. The quantitative estimate of drug-likeness (QED) is 0.511. The fraction of sp³-hybridized carbons (Fsp3) is 0.565. The molecular weight excluding hydrogens is 431 g/mol. The van der Waals surface area contributed by atoms with Gasteiger partial charge >= 0.3 is 0 Å². The summed E-state index contributed by atoms with van der Waals surface area (Å²) in [5.74, 6) is -1.66. The van der Waals surface area contributed by atoms with E-state index in [1.165, 1.54) is 0 Å². The maximum Gasteiger partial charge on any atom is 0.242 e. The number of hydrogen-bond acceptors (Lipinski definition) is 8. The van der Waals surface area contributed by atoms with Crippen molar-refractivity contribution in [3.05, 3.63) is 17.4 Å². The van der Waals surface area contributed by atoms with Crippen molar-refractivity contribution in [2.75, 3.05) is 29.4 Å². The number of ether oxygens (including phenoxy) is 1. The van der Waals surface area contributed by atoms with Gasteiger partial charge in [0, 0.05) is 19.6 Å². The van der Waals surface area contributed by atoms with Crippen molar-refractivity contribution in [3.8, 4) is 0 Å². The molecule has 1 spiro atoms. The monoisotopic (exact) mass is 456 g/mol. The number of halogens is 1. The third kappa shape index (κ3) is 2.73. The number of hydrogen-bond donors (Lipinski definition) is 1. The van der Waals surface area contributed by atoms with Crippen LogP contribution in [0.25, 0.3) is 11.0 Å². The number of rotatable bonds is 1. The van der Waals surface area contributed by atoms with Gasteiger partial charge in [-0.3, -0.25) is 19.7 Å². The Labute approximate surface area is 189 Å². The van der Waals surface area contributed by atoms with Crippen LogP contribution in [0.5, 0.6) is 0 Å². The molecule has 33 heavy (non-hydrogen) atoms. The minimum atomic E-state index is -1.54. The number of carbonyl (C=O) groups excluding carboxylic acids is 3. The second-order valence-electron chi connectivity index (χ2n) is 9.65. The summed E-state index contributed by atoms with van der Waals surface area (Å²) in [6.07, 6.45) is 0.881. The molecule has 4 aliphatic heterocycles. The smallest absolute Gasteiger partial charge is 0.242 e. The highest BCUT2D eigenvalue weighted by Crippen LogP contribution is 2.50. The lowest BCUT2D eigenvalue weighted by atomic mass is 9.63. The molecule has 3 fully saturated rings. The number of ketones is 1. The summed E-state index contributed by atoms with van der Waals surface area (Å²) in [4.78, 5) is 42.4. The normalized spacial score (nSPS) is 31.8. The van der Waals surface area contributed by atoms with Crippen molar-refractivity contribution in [1.82, 2.24) is 10.5 Å². The number of nitrogens with one attached hydrogen (secondary N) is 1. The fourth-order valence-electron chi connectivity index (χ4n) is 6.29. The molecule has 174 valence electrons. The van der Waals surface area contributed by atoms with Crippen LogP contribution < -0.4 is 15.1 Å². The van der Waals surface area contributed by atoms with Crippen LogP contribution in [-0.4, -0.2) is 60.6 Å². The van der Waals surface area contributed by atoms with E-state index >= 15 is 4.39 Å². The fourth-order valence-corrected chi connectivity index (χ4v) is 6.29. The first kappa shape index (κ1) is 20.6. The predicted octanol–water partition coefficient (Wildman–Crippen LogP) is 1.71. The lowest BCUT2D eigenvalue weighted by Gasteiger charge is -2.55. The van der Waals surface area contributed by atoms with E-state index in [4.69, 9.17) is 9.26 Å². The van der Waals surface area contributed by atoms with Crippen molar-refractivity contribution in [3.63, 3.8) is 0 Å². The van der Waals surface area contributed by atoms with Gasteiger partial charge in [-0.05, 0) is 44.7 Å². The maximum absolute atomic E-state index is 16.0. The van der Waals surface area contributed by atoms with Crippen LogP contribution >= 0.6 is 0 Å². The highest BCUT2D eigenvalue weighted by Gasteiger charge is 2.62. The molecule has 5 heterocycles. The highest BCUT2D eigenvalue weighted by atomic mass is 19.1. The van der Waals surface area contributed by atoms with Crippen molar-refractivity contribution < 1.29 is 28.0 Å². The van der Waals surface area contributed by atoms with Crippen LogP contribution in [0.1, 0.15) is 38.7 Å². The number of fused-ring (bicyclic) bond motifs is 5. The standard InChI is InChI=1S/C23H25FN4O5/c1-11-10-28-18-13(7-14-19(17(18)24)33-26-21(14)27-5-3-4-6-27)9-23(20(28)12(2)32-11)15(29)8-16(30)25-22(23)31/h7,11-12,20H,3-6,8-10H2,1-2H3,(H,25,30,31)/t11-,12+,20-,23?/m1/s1. The minimum Gasteiger partial charge on any atom is -0.372 e. The van der Waals surface area contributed by atoms with Gasteiger partial charge in [0.2, 0.25) is 17.4 Å². The van der Waals surface area contributed by atoms with Crippen molar-refractivity contribution in [2.24, 2.45) is 5.41 Å². The summed E-state index contributed by atoms with van der Waals surface area (Å²) in [6.45, 7) is 5.58. The number of imide groups is 1. The van der Waals surface area contributed by atoms with Crippen molar-refractivity contribution >= 4 is 40.1 Å². The number of piperidine rings is 1. The van der Waals surface area contributed by atoms with Crippen LogP contribution in [0.2, 0.25) is 0 Å². The van der Waals surface area contributed by atoms with Gasteiger partial charge in [-0.15, -0.1) is 0 Å². The second-order valence-corrected chi connectivity index (χ2v) is 9.65. The Hall–Kier alpha value is -3.01. The molecule has 0 bridgehead atoms. The van der Waals surface area contributed by atoms with Gasteiger partial charge < -0.3 is 19.1 Å². The summed E-state index contributed by atoms with van der Waals surface area (Å²) in [7, 11) is 0. The topological polar surface area (TPSA) is 105 Å². The minimum absolute atomic E-state index is 0.0129. The molecule has 6 rings (SSSR count). The molecule has 2 amide bonds. The number of aromatic nitrogens is 1. The van der Waals surface area contributed by atoms with Gasteiger partial charge in [0.05, 0.1) is 35.7 Å². The molecule has 0 aliphatic carbocycles. The van der Waals surface area contributed by atoms with Gasteiger partial charge in [0.25, 0.3) is 0 Å². The Morgan fingerprint density at radius 1 is 1.21 bits per heavy atom. The first-order valence-corrected chi connectivity index (χ1v) is 11.5. The van der Waals surface area contributed by atoms with Crippen LogP contribution in [-0.2, 0) is 25.5 Å². The summed E-state index contributed by atoms with van der Waals surface area (Å²) < 4.78 is 27.5. The molecule has 4 aliphatic rings. The number of benzene rings is 1. The van der Waals surface area contributed by atoms with Crippen LogP contribution in [0.3, 0.4) is 0 Å². The molecule has 1 unspecified atom stereocenters. The average molecular weight is 456 g/mol. The largest absolute Gasteiger partial charge is 0.372 e. The zero-order chi connectivity index (χ0) is 23.1. The molecule has 9 nitrogen and oxygen atoms in total. The Morgan fingerprint density at radius 2 is 1.97 bits per heavy atom. The number of anilines is 2. The lowest BCUT2D eigenvalue weighted by molar-refractivity contribution is -0.158. The number of Topliss-reactive ketones (excluding diaryl/α,β-unsaturated/α-hetero) is 1. The number of amides is 2. The Bertz CT molecular complexity index is 1180. The highest BCUT2D eigenvalue weighted by molar-refractivity contribution is 6.22.